The van der Waals surface area contributed by atoms with Gasteiger partial charge >= 0.3 is 0 Å². The maximum absolute atomic E-state index is 5.65. The largest absolute Gasteiger partial charge is 0.182 e. The number of rotatable bonds is 0. The lowest BCUT2D eigenvalue weighted by Gasteiger charge is -2.14. The number of hydrogen-bond acceptors (Lipinski definition) is 3. The normalized spacial score (nSPS) is 14.7. The van der Waals surface area contributed by atoms with Gasteiger partial charge in [-0.2, -0.15) is 4.53 Å². The van der Waals surface area contributed by atoms with Crippen molar-refractivity contribution in [3.8, 4) is 0 Å². The smallest absolute Gasteiger partial charge is 0.0937 e. The van der Waals surface area contributed by atoms with E-state index >= 15 is 0 Å². The molecule has 1 aliphatic rings. The summed E-state index contributed by atoms with van der Waals surface area (Å²) in [6.45, 7) is 0.605. The highest BCUT2D eigenvalue weighted by molar-refractivity contribution is 9.10. The minimum atomic E-state index is 0.605. The highest BCUT2D eigenvalue weighted by Crippen LogP contribution is 2.29. The Morgan fingerprint density at radius 2 is 2.33 bits per heavy atom. The number of benzene rings is 1. The Morgan fingerprint density at radius 3 is 3.17 bits per heavy atom. The zero-order valence-electron chi connectivity index (χ0n) is 6.04. The van der Waals surface area contributed by atoms with Gasteiger partial charge in [0.05, 0.1) is 12.2 Å². The molecule has 5 heteroatoms. The maximum Gasteiger partial charge on any atom is 0.0937 e. The van der Waals surface area contributed by atoms with Crippen molar-refractivity contribution >= 4 is 33.4 Å². The third-order valence-electron chi connectivity index (χ3n) is 1.60. The first-order valence-corrected chi connectivity index (χ1v) is 4.52. The van der Waals surface area contributed by atoms with Crippen molar-refractivity contribution < 1.29 is 0 Å². The van der Waals surface area contributed by atoms with Crippen LogP contribution in [-0.2, 0) is 6.54 Å². The van der Waals surface area contributed by atoms with Gasteiger partial charge in [0.2, 0.25) is 0 Å². The Kier molecular flexibility index (Phi) is 2.02. The lowest BCUT2D eigenvalue weighted by Crippen LogP contribution is -2.06. The maximum atomic E-state index is 5.65. The van der Waals surface area contributed by atoms with E-state index in [0.29, 0.717) is 6.54 Å². The number of hydrogen-bond donors (Lipinski definition) is 0. The van der Waals surface area contributed by atoms with Crippen molar-refractivity contribution in [3.63, 3.8) is 0 Å². The minimum Gasteiger partial charge on any atom is -0.182 e. The first-order chi connectivity index (χ1) is 5.75. The molecule has 0 fully saturated rings. The van der Waals surface area contributed by atoms with Gasteiger partial charge < -0.3 is 0 Å². The number of nitrogens with zero attached hydrogens (tertiary/aromatic N) is 3. The molecular formula is C7H5BrClN3. The summed E-state index contributed by atoms with van der Waals surface area (Å²) in [7, 11) is 0. The molecule has 0 spiro atoms. The fourth-order valence-corrected chi connectivity index (χ4v) is 1.54. The van der Waals surface area contributed by atoms with E-state index in [2.05, 4.69) is 26.3 Å². The van der Waals surface area contributed by atoms with Gasteiger partial charge in [-0.15, -0.1) is 5.11 Å². The predicted molar refractivity (Wildman–Crippen MR) is 50.1 cm³/mol. The lowest BCUT2D eigenvalue weighted by atomic mass is 10.2. The number of fused-ring (bicyclic) bond motifs is 1. The fraction of sp³-hybridized carbons (Fsp3) is 0.143. The average molecular weight is 246 g/mol. The monoisotopic (exact) mass is 245 g/mol. The molecule has 0 amide bonds. The molecular weight excluding hydrogens is 241 g/mol. The average Bonchev–Trinajstić information content (AvgIpc) is 2.05. The van der Waals surface area contributed by atoms with Crippen LogP contribution in [0.5, 0.6) is 0 Å². The van der Waals surface area contributed by atoms with Crippen LogP contribution in [0.3, 0.4) is 0 Å². The van der Waals surface area contributed by atoms with Crippen LogP contribution in [0.1, 0.15) is 5.56 Å². The van der Waals surface area contributed by atoms with Gasteiger partial charge in [0.15, 0.2) is 0 Å². The van der Waals surface area contributed by atoms with E-state index in [-0.39, 0.29) is 0 Å². The van der Waals surface area contributed by atoms with Crippen molar-refractivity contribution in [1.29, 1.82) is 0 Å². The number of halogens is 2. The molecule has 0 saturated carbocycles. The van der Waals surface area contributed by atoms with Gasteiger partial charge in [-0.3, -0.25) is 0 Å². The Morgan fingerprint density at radius 1 is 1.50 bits per heavy atom. The van der Waals surface area contributed by atoms with Gasteiger partial charge in [-0.1, -0.05) is 27.2 Å². The molecule has 0 aliphatic carbocycles. The Hall–Kier alpha value is -0.610. The SMILES string of the molecule is ClN1Cc2ccc(Br)cc2N=N1. The van der Waals surface area contributed by atoms with E-state index in [1.165, 1.54) is 4.53 Å². The molecule has 62 valence electrons. The Balaban J connectivity index is 2.47. The van der Waals surface area contributed by atoms with Crippen molar-refractivity contribution in [3.05, 3.63) is 28.2 Å². The van der Waals surface area contributed by atoms with Crippen LogP contribution in [0.2, 0.25) is 0 Å². The lowest BCUT2D eigenvalue weighted by molar-refractivity contribution is 0.436. The third kappa shape index (κ3) is 1.44. The van der Waals surface area contributed by atoms with Crippen molar-refractivity contribution in [2.45, 2.75) is 6.54 Å². The van der Waals surface area contributed by atoms with Crippen molar-refractivity contribution in [1.82, 2.24) is 4.53 Å². The van der Waals surface area contributed by atoms with E-state index < -0.39 is 0 Å². The molecule has 0 atom stereocenters. The van der Waals surface area contributed by atoms with Crippen LogP contribution in [0, 0.1) is 0 Å². The van der Waals surface area contributed by atoms with E-state index in [4.69, 9.17) is 11.8 Å². The van der Waals surface area contributed by atoms with E-state index in [1.807, 2.05) is 18.2 Å². The van der Waals surface area contributed by atoms with E-state index in [1.54, 1.807) is 0 Å². The highest BCUT2D eigenvalue weighted by atomic mass is 79.9. The summed E-state index contributed by atoms with van der Waals surface area (Å²) in [4.78, 5) is 0. The molecule has 0 saturated heterocycles. The van der Waals surface area contributed by atoms with Crippen LogP contribution in [-0.4, -0.2) is 4.53 Å². The Labute approximate surface area is 83.2 Å². The Bertz CT molecular complexity index is 339. The summed E-state index contributed by atoms with van der Waals surface area (Å²) in [6.07, 6.45) is 0. The van der Waals surface area contributed by atoms with E-state index in [0.717, 1.165) is 15.7 Å². The van der Waals surface area contributed by atoms with E-state index in [9.17, 15) is 0 Å². The zero-order valence-corrected chi connectivity index (χ0v) is 8.38. The molecule has 1 aromatic rings. The summed E-state index contributed by atoms with van der Waals surface area (Å²) in [5.41, 5.74) is 1.96. The molecule has 1 aromatic carbocycles. The van der Waals surface area contributed by atoms with Gasteiger partial charge in [-0.25, -0.2) is 0 Å². The standard InChI is InChI=1S/C7H5BrClN3/c8-6-2-1-5-4-12(9)11-10-7(5)3-6/h1-3H,4H2. The molecule has 1 heterocycles. The summed E-state index contributed by atoms with van der Waals surface area (Å²) in [5.74, 6) is 0. The fourth-order valence-electron chi connectivity index (χ4n) is 1.03. The van der Waals surface area contributed by atoms with Gasteiger partial charge in [-0.05, 0) is 12.1 Å². The molecule has 0 bridgehead atoms. The molecule has 12 heavy (non-hydrogen) atoms. The van der Waals surface area contributed by atoms with Gasteiger partial charge in [0.25, 0.3) is 0 Å². The van der Waals surface area contributed by atoms with Crippen LogP contribution in [0.4, 0.5) is 5.69 Å². The topological polar surface area (TPSA) is 28.0 Å². The summed E-state index contributed by atoms with van der Waals surface area (Å²) in [5, 5.41) is 7.64. The summed E-state index contributed by atoms with van der Waals surface area (Å²) >= 11 is 9.00. The molecule has 1 aliphatic heterocycles. The molecule has 2 rings (SSSR count). The molecule has 0 aromatic heterocycles. The van der Waals surface area contributed by atoms with Crippen molar-refractivity contribution in [2.75, 3.05) is 0 Å². The molecule has 0 N–H and O–H groups in total. The molecule has 0 radical (unpaired) electrons. The first-order valence-electron chi connectivity index (χ1n) is 3.39. The first kappa shape index (κ1) is 8.01. The summed E-state index contributed by atoms with van der Waals surface area (Å²) < 4.78 is 2.29. The zero-order chi connectivity index (χ0) is 8.55. The predicted octanol–water partition coefficient (Wildman–Crippen LogP) is 3.42. The van der Waals surface area contributed by atoms with Crippen LogP contribution in [0.15, 0.2) is 33.0 Å². The van der Waals surface area contributed by atoms with Crippen LogP contribution >= 0.6 is 27.7 Å². The van der Waals surface area contributed by atoms with Crippen molar-refractivity contribution in [2.24, 2.45) is 10.3 Å². The second-order valence-electron chi connectivity index (χ2n) is 2.46. The van der Waals surface area contributed by atoms with Crippen LogP contribution < -0.4 is 0 Å². The third-order valence-corrected chi connectivity index (χ3v) is 2.28. The highest BCUT2D eigenvalue weighted by Gasteiger charge is 2.10. The molecule has 3 nitrogen and oxygen atoms in total. The second-order valence-corrected chi connectivity index (χ2v) is 3.76. The quantitative estimate of drug-likeness (QED) is 0.645. The van der Waals surface area contributed by atoms with Crippen LogP contribution in [0.25, 0.3) is 0 Å². The minimum absolute atomic E-state index is 0.605. The summed E-state index contributed by atoms with van der Waals surface area (Å²) in [6, 6.07) is 5.86. The second kappa shape index (κ2) is 3.03. The van der Waals surface area contributed by atoms with Gasteiger partial charge in [0.1, 0.15) is 0 Å². The molecule has 0 unspecified atom stereocenters. The van der Waals surface area contributed by atoms with Gasteiger partial charge in [0, 0.05) is 21.8 Å².